The minimum absolute atomic E-state index is 0.0907. The SMILES string of the molecule is CCNc1nc2c(c(=O)n(C)c(=O)n2C)n1CC(=O)O. The Bertz CT molecular complexity index is 798. The molecule has 0 saturated carbocycles. The van der Waals surface area contributed by atoms with E-state index in [0.717, 1.165) is 4.57 Å². The van der Waals surface area contributed by atoms with Crippen LogP contribution >= 0.6 is 0 Å². The molecule has 0 amide bonds. The number of hydrogen-bond donors (Lipinski definition) is 2. The van der Waals surface area contributed by atoms with Gasteiger partial charge in [0.15, 0.2) is 11.2 Å². The first kappa shape index (κ1) is 13.8. The molecule has 2 aromatic heterocycles. The first-order chi connectivity index (χ1) is 9.38. The third-order valence-corrected chi connectivity index (χ3v) is 2.98. The Balaban J connectivity index is 2.93. The summed E-state index contributed by atoms with van der Waals surface area (Å²) in [6, 6.07) is 0. The van der Waals surface area contributed by atoms with Gasteiger partial charge in [0.1, 0.15) is 6.54 Å². The summed E-state index contributed by atoms with van der Waals surface area (Å²) in [7, 11) is 2.83. The van der Waals surface area contributed by atoms with E-state index in [1.165, 1.54) is 23.2 Å². The van der Waals surface area contributed by atoms with Gasteiger partial charge in [-0.3, -0.25) is 23.3 Å². The average Bonchev–Trinajstić information content (AvgIpc) is 2.73. The number of carboxylic acids is 1. The van der Waals surface area contributed by atoms with Gasteiger partial charge in [-0.25, -0.2) is 4.79 Å². The number of fused-ring (bicyclic) bond motifs is 1. The highest BCUT2D eigenvalue weighted by atomic mass is 16.4. The van der Waals surface area contributed by atoms with E-state index in [2.05, 4.69) is 10.3 Å². The summed E-state index contributed by atoms with van der Waals surface area (Å²) in [4.78, 5) is 39.2. The van der Waals surface area contributed by atoms with E-state index in [4.69, 9.17) is 5.11 Å². The van der Waals surface area contributed by atoms with Crippen molar-refractivity contribution in [2.75, 3.05) is 11.9 Å². The van der Waals surface area contributed by atoms with Crippen LogP contribution in [0.15, 0.2) is 9.59 Å². The quantitative estimate of drug-likeness (QED) is 0.739. The molecule has 0 bridgehead atoms. The number of rotatable bonds is 4. The fourth-order valence-electron chi connectivity index (χ4n) is 2.03. The van der Waals surface area contributed by atoms with Crippen LogP contribution in [0.25, 0.3) is 11.2 Å². The van der Waals surface area contributed by atoms with Gasteiger partial charge < -0.3 is 10.4 Å². The predicted molar refractivity (Wildman–Crippen MR) is 72.0 cm³/mol. The molecule has 2 aromatic rings. The van der Waals surface area contributed by atoms with Crippen LogP contribution in [0.4, 0.5) is 5.95 Å². The van der Waals surface area contributed by atoms with Crippen LogP contribution < -0.4 is 16.6 Å². The van der Waals surface area contributed by atoms with Crippen LogP contribution in [0.5, 0.6) is 0 Å². The Morgan fingerprint density at radius 2 is 1.95 bits per heavy atom. The van der Waals surface area contributed by atoms with Crippen molar-refractivity contribution in [3.63, 3.8) is 0 Å². The van der Waals surface area contributed by atoms with Crippen molar-refractivity contribution in [3.8, 4) is 0 Å². The van der Waals surface area contributed by atoms with Crippen LogP contribution in [-0.4, -0.2) is 36.3 Å². The Hall–Kier alpha value is -2.58. The number of hydrogen-bond acceptors (Lipinski definition) is 5. The third kappa shape index (κ3) is 1.96. The van der Waals surface area contributed by atoms with Crippen LogP contribution in [0.3, 0.4) is 0 Å². The predicted octanol–water partition coefficient (Wildman–Crippen LogP) is -1.05. The van der Waals surface area contributed by atoms with Crippen molar-refractivity contribution >= 4 is 23.1 Å². The van der Waals surface area contributed by atoms with Gasteiger partial charge in [0.25, 0.3) is 5.56 Å². The van der Waals surface area contributed by atoms with E-state index < -0.39 is 23.8 Å². The van der Waals surface area contributed by atoms with Gasteiger partial charge in [-0.15, -0.1) is 0 Å². The smallest absolute Gasteiger partial charge is 0.332 e. The van der Waals surface area contributed by atoms with E-state index in [1.54, 1.807) is 0 Å². The van der Waals surface area contributed by atoms with Crippen molar-refractivity contribution in [2.24, 2.45) is 14.1 Å². The lowest BCUT2D eigenvalue weighted by molar-refractivity contribution is -0.137. The maximum absolute atomic E-state index is 12.2. The number of anilines is 1. The second-order valence-corrected chi connectivity index (χ2v) is 4.32. The maximum atomic E-state index is 12.2. The Morgan fingerprint density at radius 3 is 2.50 bits per heavy atom. The number of nitrogens with zero attached hydrogens (tertiary/aromatic N) is 4. The molecule has 9 nitrogen and oxygen atoms in total. The zero-order chi connectivity index (χ0) is 15.0. The molecule has 0 radical (unpaired) electrons. The number of nitrogens with one attached hydrogen (secondary N) is 1. The molecule has 0 unspecified atom stereocenters. The molecule has 0 aliphatic carbocycles. The number of aryl methyl sites for hydroxylation is 1. The fourth-order valence-corrected chi connectivity index (χ4v) is 2.03. The molecule has 2 heterocycles. The molecule has 9 heteroatoms. The summed E-state index contributed by atoms with van der Waals surface area (Å²) in [6.07, 6.45) is 0. The molecule has 2 N–H and O–H groups in total. The summed E-state index contributed by atoms with van der Waals surface area (Å²) in [5.74, 6) is -0.845. The van der Waals surface area contributed by atoms with Crippen molar-refractivity contribution in [1.29, 1.82) is 0 Å². The molecule has 0 aromatic carbocycles. The number of aromatic nitrogens is 4. The van der Waals surface area contributed by atoms with Gasteiger partial charge in [-0.1, -0.05) is 0 Å². The monoisotopic (exact) mass is 281 g/mol. The van der Waals surface area contributed by atoms with Gasteiger partial charge in [-0.05, 0) is 6.92 Å². The molecule has 0 spiro atoms. The fraction of sp³-hybridized carbons (Fsp3) is 0.455. The van der Waals surface area contributed by atoms with E-state index in [-0.39, 0.29) is 17.1 Å². The molecular formula is C11H15N5O4. The van der Waals surface area contributed by atoms with Gasteiger partial charge in [-0.2, -0.15) is 4.98 Å². The zero-order valence-corrected chi connectivity index (χ0v) is 11.4. The molecule has 2 rings (SSSR count). The van der Waals surface area contributed by atoms with E-state index in [1.807, 2.05) is 6.92 Å². The summed E-state index contributed by atoms with van der Waals surface area (Å²) in [5, 5.41) is 11.9. The maximum Gasteiger partial charge on any atom is 0.332 e. The molecule has 20 heavy (non-hydrogen) atoms. The minimum atomic E-state index is -1.10. The molecule has 0 saturated heterocycles. The molecule has 0 fully saturated rings. The number of carbonyl (C=O) groups is 1. The lowest BCUT2D eigenvalue weighted by Gasteiger charge is -2.07. The second-order valence-electron chi connectivity index (χ2n) is 4.32. The Morgan fingerprint density at radius 1 is 1.30 bits per heavy atom. The third-order valence-electron chi connectivity index (χ3n) is 2.98. The summed E-state index contributed by atoms with van der Waals surface area (Å²) in [6.45, 7) is 1.92. The molecule has 108 valence electrons. The Labute approximate surface area is 113 Å². The van der Waals surface area contributed by atoms with Gasteiger partial charge in [0.05, 0.1) is 0 Å². The van der Waals surface area contributed by atoms with E-state index >= 15 is 0 Å². The summed E-state index contributed by atoms with van der Waals surface area (Å²) < 4.78 is 3.41. The van der Waals surface area contributed by atoms with Crippen LogP contribution in [0.2, 0.25) is 0 Å². The molecule has 0 atom stereocenters. The number of imidazole rings is 1. The van der Waals surface area contributed by atoms with Crippen molar-refractivity contribution < 1.29 is 9.90 Å². The van der Waals surface area contributed by atoms with Crippen molar-refractivity contribution in [2.45, 2.75) is 13.5 Å². The first-order valence-electron chi connectivity index (χ1n) is 6.00. The summed E-state index contributed by atoms with van der Waals surface area (Å²) >= 11 is 0. The minimum Gasteiger partial charge on any atom is -0.480 e. The highest BCUT2D eigenvalue weighted by Crippen LogP contribution is 2.15. The first-order valence-corrected chi connectivity index (χ1v) is 6.00. The highest BCUT2D eigenvalue weighted by Gasteiger charge is 2.19. The van der Waals surface area contributed by atoms with Crippen molar-refractivity contribution in [1.82, 2.24) is 18.7 Å². The molecular weight excluding hydrogens is 266 g/mol. The van der Waals surface area contributed by atoms with E-state index in [9.17, 15) is 14.4 Å². The second kappa shape index (κ2) is 4.83. The van der Waals surface area contributed by atoms with Gasteiger partial charge in [0, 0.05) is 20.6 Å². The Kier molecular flexibility index (Phi) is 3.35. The average molecular weight is 281 g/mol. The van der Waals surface area contributed by atoms with Gasteiger partial charge in [0.2, 0.25) is 5.95 Å². The number of aliphatic carboxylic acids is 1. The lowest BCUT2D eigenvalue weighted by atomic mass is 10.5. The zero-order valence-electron chi connectivity index (χ0n) is 11.4. The lowest BCUT2D eigenvalue weighted by Crippen LogP contribution is -2.37. The van der Waals surface area contributed by atoms with Crippen LogP contribution in [0, 0.1) is 0 Å². The van der Waals surface area contributed by atoms with Crippen LogP contribution in [0.1, 0.15) is 6.92 Å². The molecule has 0 aliphatic heterocycles. The van der Waals surface area contributed by atoms with Crippen LogP contribution in [-0.2, 0) is 25.4 Å². The van der Waals surface area contributed by atoms with Gasteiger partial charge >= 0.3 is 11.7 Å². The summed E-state index contributed by atoms with van der Waals surface area (Å²) in [5.41, 5.74) is -0.824. The largest absolute Gasteiger partial charge is 0.480 e. The molecule has 0 aliphatic rings. The normalized spacial score (nSPS) is 10.9. The standard InChI is InChI=1S/C11H15N5O4/c1-4-12-10-13-8-7(16(10)5-6(17)18)9(19)15(3)11(20)14(8)2/h4-5H2,1-3H3,(H,12,13)(H,17,18). The number of carboxylic acid groups (broad SMARTS) is 1. The topological polar surface area (TPSA) is 111 Å². The van der Waals surface area contributed by atoms with Crippen molar-refractivity contribution in [3.05, 3.63) is 20.8 Å². The highest BCUT2D eigenvalue weighted by molar-refractivity contribution is 5.77. The van der Waals surface area contributed by atoms with E-state index in [0.29, 0.717) is 6.54 Å².